The zero-order valence-corrected chi connectivity index (χ0v) is 44.2. The van der Waals surface area contributed by atoms with Crippen molar-refractivity contribution in [3.63, 3.8) is 0 Å². The van der Waals surface area contributed by atoms with Gasteiger partial charge in [0, 0.05) is 112 Å². The Hall–Kier alpha value is -7.03. The third-order valence-electron chi connectivity index (χ3n) is 14.5. The summed E-state index contributed by atoms with van der Waals surface area (Å²) in [4.78, 5) is 90.6. The number of hydrogen-bond acceptors (Lipinski definition) is 18. The van der Waals surface area contributed by atoms with E-state index in [9.17, 15) is 44.4 Å². The first kappa shape index (κ1) is 55.7. The van der Waals surface area contributed by atoms with Crippen molar-refractivity contribution in [1.82, 2.24) is 9.88 Å². The Morgan fingerprint density at radius 3 is 2.25 bits per heavy atom. The number of nitrogens with zero attached hydrogens (tertiary/aromatic N) is 3. The van der Waals surface area contributed by atoms with Crippen LogP contribution < -0.4 is 20.4 Å². The van der Waals surface area contributed by atoms with E-state index in [1.54, 1.807) is 45.9 Å². The van der Waals surface area contributed by atoms with Gasteiger partial charge in [0.1, 0.15) is 46.4 Å². The van der Waals surface area contributed by atoms with Gasteiger partial charge in [-0.1, -0.05) is 59.8 Å². The lowest BCUT2D eigenvalue weighted by Gasteiger charge is -2.39. The zero-order chi connectivity index (χ0) is 55.0. The van der Waals surface area contributed by atoms with Crippen molar-refractivity contribution in [2.24, 2.45) is 29.6 Å². The molecule has 1 aliphatic carbocycles. The number of carboxylic acid groups (broad SMARTS) is 1. The number of nitrogens with one attached hydrogen (secondary N) is 1. The maximum Gasteiger partial charge on any atom is 0.312 e. The highest BCUT2D eigenvalue weighted by atomic mass is 16.7. The summed E-state index contributed by atoms with van der Waals surface area (Å²) in [6.07, 6.45) is 1.92. The van der Waals surface area contributed by atoms with Gasteiger partial charge in [-0.25, -0.2) is 4.98 Å². The van der Waals surface area contributed by atoms with E-state index >= 15 is 4.79 Å². The Balaban J connectivity index is 1.42. The van der Waals surface area contributed by atoms with Gasteiger partial charge >= 0.3 is 23.7 Å². The molecule has 4 aliphatic heterocycles. The SMILES string of the molecule is CO[C@H]1/C=C/O[C@@]2(C)Oc3c(C)c(O)c4c(=O)c(c5oc6cc(N7CCN(CC(C)C)CC7)cc(O)c6nc-5c4c3C2=O)NC(=O)/C(C)=C\C=C\[C@H](C)[C@H](OC(=O)CCC(=O)O)[C@@H](C)[C@@H](O)[C@@H](C)[C@H](OC(C)=O)[C@@H]1C. The summed E-state index contributed by atoms with van der Waals surface area (Å²) in [7, 11) is 1.40. The highest BCUT2D eigenvalue weighted by molar-refractivity contribution is 6.22. The summed E-state index contributed by atoms with van der Waals surface area (Å²) in [6, 6.07) is 3.24. The van der Waals surface area contributed by atoms with Gasteiger partial charge in [-0.2, -0.15) is 0 Å². The van der Waals surface area contributed by atoms with Crippen LogP contribution in [-0.4, -0.2) is 130 Å². The molecule has 20 heteroatoms. The monoisotopic (exact) mass is 1040 g/mol. The van der Waals surface area contributed by atoms with E-state index in [2.05, 4.69) is 29.0 Å². The van der Waals surface area contributed by atoms with Crippen LogP contribution in [-0.2, 0) is 38.1 Å². The lowest BCUT2D eigenvalue weighted by atomic mass is 9.78. The van der Waals surface area contributed by atoms with Gasteiger partial charge in [0.25, 0.3) is 11.7 Å². The predicted octanol–water partition coefficient (Wildman–Crippen LogP) is 6.85. The van der Waals surface area contributed by atoms with Crippen LogP contribution in [0, 0.1) is 36.5 Å². The van der Waals surface area contributed by atoms with E-state index in [4.69, 9.17) is 33.1 Å². The number of anilines is 2. The molecule has 4 heterocycles. The smallest absolute Gasteiger partial charge is 0.312 e. The number of phenols is 2. The number of methoxy groups -OCH3 is 1. The van der Waals surface area contributed by atoms with E-state index in [0.29, 0.717) is 24.7 Å². The molecular formula is C55H68N4O16. The number of aromatic nitrogens is 1. The number of fused-ring (bicyclic) bond motifs is 2. The second-order valence-electron chi connectivity index (χ2n) is 20.6. The van der Waals surface area contributed by atoms with Crippen molar-refractivity contribution in [1.29, 1.82) is 0 Å². The molecule has 2 aromatic rings. The molecule has 1 saturated heterocycles. The predicted molar refractivity (Wildman–Crippen MR) is 277 cm³/mol. The third kappa shape index (κ3) is 11.3. The van der Waals surface area contributed by atoms with Crippen LogP contribution in [0.3, 0.4) is 0 Å². The Bertz CT molecular complexity index is 3010. The summed E-state index contributed by atoms with van der Waals surface area (Å²) >= 11 is 0. The Labute approximate surface area is 434 Å². The van der Waals surface area contributed by atoms with Gasteiger partial charge in [0.05, 0.1) is 42.3 Å². The number of aromatic hydroxyl groups is 2. The summed E-state index contributed by atoms with van der Waals surface area (Å²) in [5.74, 6) is -10.3. The van der Waals surface area contributed by atoms with Crippen LogP contribution in [0.25, 0.3) is 33.3 Å². The molecule has 75 heavy (non-hydrogen) atoms. The van der Waals surface area contributed by atoms with Crippen LogP contribution in [0.1, 0.15) is 91.1 Å². The van der Waals surface area contributed by atoms with E-state index in [1.165, 1.54) is 59.3 Å². The minimum atomic E-state index is -2.14. The number of esters is 2. The molecule has 0 saturated carbocycles. The lowest BCUT2D eigenvalue weighted by molar-refractivity contribution is -0.166. The standard InChI is InChI=1S/C55H68N4O16/c1-26(2)25-58-18-20-59(21-19-58)34-23-35(61)43-37(24-34)73-52-44(56-43)40-41-47(66)32(8)51-42(40)53(68)55(10,75-51)71-22-17-36(70-11)29(5)50(72-33(9)60)31(7)46(65)30(6)49(74-39(64)16-15-38(62)63)27(3)13-12-14-28(4)54(69)57-45(52)48(41)67/h12-14,17,22-24,26-27,29-31,36,46,49-50,61,65-66H,15-16,18-21,25H2,1-11H3,(H,57,69)(H,62,63)/b13-12+,22-17+,28-14-/t27-,29+,30-,31+,36-,46+,49-,50+,55-/m0/s1. The number of hydrogen-bond donors (Lipinski definition) is 5. The second-order valence-corrected chi connectivity index (χ2v) is 20.6. The molecule has 0 radical (unpaired) electrons. The van der Waals surface area contributed by atoms with Gasteiger partial charge < -0.3 is 58.7 Å². The first-order valence-electron chi connectivity index (χ1n) is 25.2. The normalized spacial score (nSPS) is 27.7. The van der Waals surface area contributed by atoms with E-state index in [0.717, 1.165) is 19.6 Å². The minimum absolute atomic E-state index is 0.00398. The summed E-state index contributed by atoms with van der Waals surface area (Å²) < 4.78 is 36.5. The highest BCUT2D eigenvalue weighted by Crippen LogP contribution is 2.51. The molecule has 7 rings (SSSR count). The molecular weight excluding hydrogens is 973 g/mol. The molecule has 404 valence electrons. The molecule has 0 unspecified atom stereocenters. The maximum atomic E-state index is 15.0. The second kappa shape index (κ2) is 22.4. The van der Waals surface area contributed by atoms with Crippen LogP contribution in [0.5, 0.6) is 17.2 Å². The van der Waals surface area contributed by atoms with E-state index in [1.807, 2.05) is 0 Å². The molecule has 5 aliphatic rings. The molecule has 9 atom stereocenters. The summed E-state index contributed by atoms with van der Waals surface area (Å²) in [5.41, 5.74) is -1.03. The number of amides is 1. The molecule has 1 amide bonds. The number of ether oxygens (including phenoxy) is 5. The molecule has 2 aromatic carbocycles. The fourth-order valence-electron chi connectivity index (χ4n) is 10.4. The maximum absolute atomic E-state index is 15.0. The first-order valence-corrected chi connectivity index (χ1v) is 25.2. The number of rotatable bonds is 9. The van der Waals surface area contributed by atoms with Crippen LogP contribution >= 0.6 is 0 Å². The lowest BCUT2D eigenvalue weighted by Crippen LogP contribution is -2.47. The quantitative estimate of drug-likeness (QED) is 0.0651. The van der Waals surface area contributed by atoms with Crippen molar-refractivity contribution >= 4 is 62.8 Å². The van der Waals surface area contributed by atoms with E-state index in [-0.39, 0.29) is 56.1 Å². The molecule has 5 N–H and O–H groups in total. The Morgan fingerprint density at radius 1 is 0.933 bits per heavy atom. The number of piperazine rings is 1. The van der Waals surface area contributed by atoms with Crippen molar-refractivity contribution in [3.05, 3.63) is 69.6 Å². The van der Waals surface area contributed by atoms with Gasteiger partial charge in [-0.3, -0.25) is 33.7 Å². The van der Waals surface area contributed by atoms with Gasteiger partial charge in [-0.15, -0.1) is 0 Å². The van der Waals surface area contributed by atoms with Crippen LogP contribution in [0.15, 0.2) is 57.5 Å². The number of phenolic OH excluding ortho intramolecular Hbond substituents is 2. The molecule has 20 nitrogen and oxygen atoms in total. The summed E-state index contributed by atoms with van der Waals surface area (Å²) in [6.45, 7) is 20.3. The van der Waals surface area contributed by atoms with Crippen molar-refractivity contribution in [2.45, 2.75) is 112 Å². The third-order valence-corrected chi connectivity index (χ3v) is 14.5. The number of aliphatic hydroxyl groups is 1. The number of carboxylic acids is 1. The fraction of sp³-hybridized carbons (Fsp3) is 0.509. The average Bonchev–Trinajstić information content (AvgIpc) is 3.62. The molecule has 0 spiro atoms. The number of carbonyl (C=O) groups is 5. The van der Waals surface area contributed by atoms with Crippen molar-refractivity contribution in [2.75, 3.05) is 50.1 Å². The van der Waals surface area contributed by atoms with Gasteiger partial charge in [-0.05, 0) is 25.8 Å². The van der Waals surface area contributed by atoms with Crippen LogP contribution in [0.4, 0.5) is 11.4 Å². The Kier molecular flexibility index (Phi) is 16.7. The number of carbonyl (C=O) groups excluding carboxylic acids is 4. The zero-order valence-electron chi connectivity index (χ0n) is 44.2. The van der Waals surface area contributed by atoms with Gasteiger partial charge in [0.15, 0.2) is 11.3 Å². The highest BCUT2D eigenvalue weighted by Gasteiger charge is 2.50. The number of allylic oxidation sites excluding steroid dienone is 2. The van der Waals surface area contributed by atoms with E-state index < -0.39 is 119 Å². The Morgan fingerprint density at radius 2 is 1.61 bits per heavy atom. The molecule has 0 aromatic heterocycles. The molecule has 4 bridgehead atoms. The average molecular weight is 1040 g/mol. The van der Waals surface area contributed by atoms with Crippen molar-refractivity contribution < 1.29 is 72.5 Å². The largest absolute Gasteiger partial charge is 0.507 e. The van der Waals surface area contributed by atoms with Crippen molar-refractivity contribution in [3.8, 4) is 28.7 Å². The topological polar surface area (TPSA) is 274 Å². The van der Waals surface area contributed by atoms with Gasteiger partial charge in [0.2, 0.25) is 5.43 Å². The number of aliphatic hydroxyl groups excluding tert-OH is 1. The minimum Gasteiger partial charge on any atom is -0.507 e. The number of aliphatic carboxylic acids is 1. The fourth-order valence-corrected chi connectivity index (χ4v) is 10.4. The number of Topliss-reactive ketones (excluding diaryl/α,β-unsaturated/α-hetero) is 1. The van der Waals surface area contributed by atoms with Crippen LogP contribution in [0.2, 0.25) is 0 Å². The number of ketones is 1. The summed E-state index contributed by atoms with van der Waals surface area (Å²) in [5, 5.41) is 47.0. The number of benzene rings is 3. The first-order chi connectivity index (χ1) is 35.4. The molecule has 1 fully saturated rings.